The predicted molar refractivity (Wildman–Crippen MR) is 86.2 cm³/mol. The fourth-order valence-electron chi connectivity index (χ4n) is 2.93. The van der Waals surface area contributed by atoms with Crippen molar-refractivity contribution in [3.8, 4) is 11.5 Å². The average molecular weight is 331 g/mol. The Morgan fingerprint density at radius 2 is 2.08 bits per heavy atom. The van der Waals surface area contributed by atoms with E-state index in [9.17, 15) is 4.79 Å². The quantitative estimate of drug-likeness (QED) is 0.805. The van der Waals surface area contributed by atoms with Crippen LogP contribution >= 0.6 is 0 Å². The molecule has 0 saturated carbocycles. The molecular formula is C17H21N3O4. The van der Waals surface area contributed by atoms with E-state index in [4.69, 9.17) is 14.0 Å². The van der Waals surface area contributed by atoms with Crippen LogP contribution in [0, 0.1) is 6.92 Å². The van der Waals surface area contributed by atoms with Gasteiger partial charge in [0.25, 0.3) is 0 Å². The van der Waals surface area contributed by atoms with E-state index in [0.29, 0.717) is 42.7 Å². The summed E-state index contributed by atoms with van der Waals surface area (Å²) in [7, 11) is 3.22. The van der Waals surface area contributed by atoms with Crippen molar-refractivity contribution in [2.45, 2.75) is 25.7 Å². The van der Waals surface area contributed by atoms with E-state index in [1.807, 2.05) is 23.1 Å². The number of amides is 1. The minimum Gasteiger partial charge on any atom is -0.493 e. The molecule has 1 aliphatic rings. The third-order valence-corrected chi connectivity index (χ3v) is 4.23. The second kappa shape index (κ2) is 6.90. The molecule has 0 spiro atoms. The summed E-state index contributed by atoms with van der Waals surface area (Å²) in [6.45, 7) is 3.05. The van der Waals surface area contributed by atoms with Crippen molar-refractivity contribution in [3.05, 3.63) is 35.5 Å². The Kier molecular flexibility index (Phi) is 4.69. The standard InChI is InChI=1S/C17H21N3O4/c1-11-18-17(24-19-11)13-9-16(21)20(10-13)7-6-12-4-5-14(22-2)15(8-12)23-3/h4-5,8,13H,6-7,9-10H2,1-3H3. The minimum absolute atomic E-state index is 0.0101. The molecule has 0 aliphatic carbocycles. The van der Waals surface area contributed by atoms with Gasteiger partial charge in [0.1, 0.15) is 0 Å². The summed E-state index contributed by atoms with van der Waals surface area (Å²) in [5.41, 5.74) is 1.09. The van der Waals surface area contributed by atoms with Crippen LogP contribution in [0.15, 0.2) is 22.7 Å². The maximum atomic E-state index is 12.2. The number of rotatable bonds is 6. The van der Waals surface area contributed by atoms with Crippen molar-refractivity contribution in [2.24, 2.45) is 0 Å². The molecule has 0 radical (unpaired) electrons. The minimum atomic E-state index is -0.0101. The number of likely N-dealkylation sites (tertiary alicyclic amines) is 1. The first-order chi connectivity index (χ1) is 11.6. The summed E-state index contributed by atoms with van der Waals surface area (Å²) in [6, 6.07) is 5.81. The van der Waals surface area contributed by atoms with Gasteiger partial charge in [-0.15, -0.1) is 0 Å². The van der Waals surface area contributed by atoms with Crippen LogP contribution in [0.2, 0.25) is 0 Å². The van der Waals surface area contributed by atoms with E-state index >= 15 is 0 Å². The van der Waals surface area contributed by atoms with Crippen LogP contribution in [0.4, 0.5) is 0 Å². The third kappa shape index (κ3) is 3.34. The van der Waals surface area contributed by atoms with E-state index in [-0.39, 0.29) is 11.8 Å². The second-order valence-electron chi connectivity index (χ2n) is 5.86. The summed E-state index contributed by atoms with van der Waals surface area (Å²) in [5.74, 6) is 2.66. The third-order valence-electron chi connectivity index (χ3n) is 4.23. The number of hydrogen-bond donors (Lipinski definition) is 0. The van der Waals surface area contributed by atoms with Crippen LogP contribution in [-0.4, -0.2) is 48.3 Å². The molecule has 3 rings (SSSR count). The molecule has 1 saturated heterocycles. The molecule has 2 aromatic rings. The van der Waals surface area contributed by atoms with Crippen LogP contribution < -0.4 is 9.47 Å². The fourth-order valence-corrected chi connectivity index (χ4v) is 2.93. The summed E-state index contributed by atoms with van der Waals surface area (Å²) >= 11 is 0. The number of aromatic nitrogens is 2. The Bertz CT molecular complexity index is 728. The van der Waals surface area contributed by atoms with Gasteiger partial charge in [-0.05, 0) is 31.0 Å². The topological polar surface area (TPSA) is 77.7 Å². The van der Waals surface area contributed by atoms with Gasteiger partial charge < -0.3 is 18.9 Å². The van der Waals surface area contributed by atoms with E-state index < -0.39 is 0 Å². The second-order valence-corrected chi connectivity index (χ2v) is 5.86. The van der Waals surface area contributed by atoms with Crippen molar-refractivity contribution in [1.82, 2.24) is 15.0 Å². The Hall–Kier alpha value is -2.57. The number of aryl methyl sites for hydroxylation is 1. The summed E-state index contributed by atoms with van der Waals surface area (Å²) in [5, 5.41) is 3.80. The molecule has 24 heavy (non-hydrogen) atoms. The van der Waals surface area contributed by atoms with Gasteiger partial charge in [-0.1, -0.05) is 11.2 Å². The first kappa shape index (κ1) is 16.3. The molecule has 0 bridgehead atoms. The average Bonchev–Trinajstić information content (AvgIpc) is 3.18. The molecule has 1 atom stereocenters. The largest absolute Gasteiger partial charge is 0.493 e. The van der Waals surface area contributed by atoms with Crippen molar-refractivity contribution >= 4 is 5.91 Å². The van der Waals surface area contributed by atoms with Gasteiger partial charge in [0.2, 0.25) is 11.8 Å². The summed E-state index contributed by atoms with van der Waals surface area (Å²) in [6.07, 6.45) is 1.18. The smallest absolute Gasteiger partial charge is 0.232 e. The molecule has 1 aromatic carbocycles. The molecule has 1 aromatic heterocycles. The SMILES string of the molecule is COc1ccc(CCN2CC(c3nc(C)no3)CC2=O)cc1OC. The Balaban J connectivity index is 1.61. The molecule has 7 nitrogen and oxygen atoms in total. The molecular weight excluding hydrogens is 310 g/mol. The van der Waals surface area contributed by atoms with Crippen LogP contribution in [0.3, 0.4) is 0 Å². The summed E-state index contributed by atoms with van der Waals surface area (Å²) in [4.78, 5) is 18.3. The molecule has 1 amide bonds. The normalized spacial score (nSPS) is 17.4. The maximum absolute atomic E-state index is 12.2. The van der Waals surface area contributed by atoms with Crippen LogP contribution in [0.25, 0.3) is 0 Å². The van der Waals surface area contributed by atoms with Gasteiger partial charge in [-0.3, -0.25) is 4.79 Å². The zero-order valence-electron chi connectivity index (χ0n) is 14.1. The molecule has 128 valence electrons. The zero-order chi connectivity index (χ0) is 17.1. The Morgan fingerprint density at radius 1 is 1.29 bits per heavy atom. The van der Waals surface area contributed by atoms with Gasteiger partial charge in [-0.25, -0.2) is 0 Å². The lowest BCUT2D eigenvalue weighted by Crippen LogP contribution is -2.27. The van der Waals surface area contributed by atoms with Gasteiger partial charge in [0.05, 0.1) is 20.1 Å². The Labute approximate surface area is 140 Å². The van der Waals surface area contributed by atoms with Crippen molar-refractivity contribution < 1.29 is 18.8 Å². The van der Waals surface area contributed by atoms with Crippen LogP contribution in [-0.2, 0) is 11.2 Å². The predicted octanol–water partition coefficient (Wildman–Crippen LogP) is 1.95. The highest BCUT2D eigenvalue weighted by Gasteiger charge is 2.33. The van der Waals surface area contributed by atoms with Gasteiger partial charge in [-0.2, -0.15) is 4.98 Å². The number of carbonyl (C=O) groups is 1. The van der Waals surface area contributed by atoms with Crippen molar-refractivity contribution in [1.29, 1.82) is 0 Å². The van der Waals surface area contributed by atoms with Gasteiger partial charge in [0.15, 0.2) is 17.3 Å². The van der Waals surface area contributed by atoms with Gasteiger partial charge in [0, 0.05) is 19.5 Å². The number of hydrogen-bond acceptors (Lipinski definition) is 6. The highest BCUT2D eigenvalue weighted by molar-refractivity contribution is 5.79. The lowest BCUT2D eigenvalue weighted by molar-refractivity contribution is -0.127. The fraction of sp³-hybridized carbons (Fsp3) is 0.471. The van der Waals surface area contributed by atoms with Crippen molar-refractivity contribution in [2.75, 3.05) is 27.3 Å². The molecule has 2 heterocycles. The van der Waals surface area contributed by atoms with E-state index in [2.05, 4.69) is 10.1 Å². The molecule has 7 heteroatoms. The molecule has 1 fully saturated rings. The van der Waals surface area contributed by atoms with E-state index in [0.717, 1.165) is 12.0 Å². The first-order valence-electron chi connectivity index (χ1n) is 7.89. The van der Waals surface area contributed by atoms with Crippen molar-refractivity contribution in [3.63, 3.8) is 0 Å². The number of methoxy groups -OCH3 is 2. The maximum Gasteiger partial charge on any atom is 0.232 e. The molecule has 0 N–H and O–H groups in total. The van der Waals surface area contributed by atoms with E-state index in [1.54, 1.807) is 21.1 Å². The highest BCUT2D eigenvalue weighted by Crippen LogP contribution is 2.29. The lowest BCUT2D eigenvalue weighted by Gasteiger charge is -2.16. The highest BCUT2D eigenvalue weighted by atomic mass is 16.5. The first-order valence-corrected chi connectivity index (χ1v) is 7.89. The number of carbonyl (C=O) groups excluding carboxylic acids is 1. The zero-order valence-corrected chi connectivity index (χ0v) is 14.1. The monoisotopic (exact) mass is 331 g/mol. The van der Waals surface area contributed by atoms with Crippen LogP contribution in [0.1, 0.15) is 29.6 Å². The van der Waals surface area contributed by atoms with E-state index in [1.165, 1.54) is 0 Å². The lowest BCUT2D eigenvalue weighted by atomic mass is 10.1. The number of nitrogens with zero attached hydrogens (tertiary/aromatic N) is 3. The Morgan fingerprint density at radius 3 is 2.75 bits per heavy atom. The van der Waals surface area contributed by atoms with Gasteiger partial charge >= 0.3 is 0 Å². The number of benzene rings is 1. The van der Waals surface area contributed by atoms with Crippen LogP contribution in [0.5, 0.6) is 11.5 Å². The molecule has 1 aliphatic heterocycles. The summed E-state index contributed by atoms with van der Waals surface area (Å²) < 4.78 is 15.7. The molecule has 1 unspecified atom stereocenters. The number of ether oxygens (including phenoxy) is 2.